The Morgan fingerprint density at radius 1 is 1.19 bits per heavy atom. The molecule has 2 rings (SSSR count). The summed E-state index contributed by atoms with van der Waals surface area (Å²) in [5, 5.41) is 3.24. The molecule has 0 aliphatic heterocycles. The molecule has 1 aromatic heterocycles. The molecular weight excluding hydrogens is 264 g/mol. The van der Waals surface area contributed by atoms with Crippen LogP contribution < -0.4 is 15.0 Å². The number of nitrogens with zero attached hydrogens (tertiary/aromatic N) is 3. The minimum absolute atomic E-state index is 0.727. The number of para-hydroxylation sites is 1. The molecular formula is C16H22N4O. The number of anilines is 1. The van der Waals surface area contributed by atoms with E-state index < -0.39 is 0 Å². The summed E-state index contributed by atoms with van der Waals surface area (Å²) < 4.78 is 5.37. The zero-order chi connectivity index (χ0) is 15.1. The fourth-order valence-corrected chi connectivity index (χ4v) is 2.06. The lowest BCUT2D eigenvalue weighted by Crippen LogP contribution is -2.19. The van der Waals surface area contributed by atoms with Crippen molar-refractivity contribution in [3.8, 4) is 5.75 Å². The van der Waals surface area contributed by atoms with Gasteiger partial charge in [0.25, 0.3) is 0 Å². The summed E-state index contributed by atoms with van der Waals surface area (Å²) in [6.45, 7) is 4.48. The van der Waals surface area contributed by atoms with Crippen LogP contribution in [0.3, 0.4) is 0 Å². The number of aromatic nitrogens is 2. The van der Waals surface area contributed by atoms with Crippen molar-refractivity contribution >= 4 is 5.82 Å². The van der Waals surface area contributed by atoms with Gasteiger partial charge in [0, 0.05) is 25.7 Å². The van der Waals surface area contributed by atoms with Crippen LogP contribution in [0, 0.1) is 0 Å². The van der Waals surface area contributed by atoms with Gasteiger partial charge in [0.05, 0.1) is 25.2 Å². The molecule has 0 unspecified atom stereocenters. The standard InChI is InChI=1S/C16H22N4O/c1-4-17-9-14-10-19-16(11-18-14)20(2)12-13-7-5-6-8-15(13)21-3/h5-8,10-11,17H,4,9,12H2,1-3H3. The summed E-state index contributed by atoms with van der Waals surface area (Å²) in [5.74, 6) is 1.74. The van der Waals surface area contributed by atoms with Gasteiger partial charge in [-0.15, -0.1) is 0 Å². The largest absolute Gasteiger partial charge is 0.496 e. The Kier molecular flexibility index (Phi) is 5.51. The van der Waals surface area contributed by atoms with Crippen LogP contribution in [0.15, 0.2) is 36.7 Å². The smallest absolute Gasteiger partial charge is 0.147 e. The Labute approximate surface area is 126 Å². The minimum atomic E-state index is 0.727. The second kappa shape index (κ2) is 7.59. The number of nitrogens with one attached hydrogen (secondary N) is 1. The molecule has 0 aliphatic rings. The van der Waals surface area contributed by atoms with Gasteiger partial charge in [-0.3, -0.25) is 4.98 Å². The molecule has 0 fully saturated rings. The van der Waals surface area contributed by atoms with E-state index in [4.69, 9.17) is 4.74 Å². The lowest BCUT2D eigenvalue weighted by atomic mass is 10.2. The third-order valence-corrected chi connectivity index (χ3v) is 3.24. The van der Waals surface area contributed by atoms with E-state index in [1.807, 2.05) is 37.6 Å². The number of ether oxygens (including phenoxy) is 1. The molecule has 0 aliphatic carbocycles. The minimum Gasteiger partial charge on any atom is -0.496 e. The van der Waals surface area contributed by atoms with Gasteiger partial charge in [-0.25, -0.2) is 4.98 Å². The molecule has 21 heavy (non-hydrogen) atoms. The second-order valence-corrected chi connectivity index (χ2v) is 4.81. The highest BCUT2D eigenvalue weighted by molar-refractivity contribution is 5.40. The van der Waals surface area contributed by atoms with Gasteiger partial charge in [-0.1, -0.05) is 25.1 Å². The van der Waals surface area contributed by atoms with Crippen LogP contribution in [-0.2, 0) is 13.1 Å². The SMILES string of the molecule is CCNCc1cnc(N(C)Cc2ccccc2OC)cn1. The van der Waals surface area contributed by atoms with E-state index in [-0.39, 0.29) is 0 Å². The Balaban J connectivity index is 2.04. The normalized spacial score (nSPS) is 10.4. The third kappa shape index (κ3) is 4.16. The first-order valence-corrected chi connectivity index (χ1v) is 7.09. The highest BCUT2D eigenvalue weighted by Crippen LogP contribution is 2.20. The van der Waals surface area contributed by atoms with Crippen molar-refractivity contribution in [3.05, 3.63) is 47.9 Å². The van der Waals surface area contributed by atoms with E-state index in [0.717, 1.165) is 42.5 Å². The molecule has 5 heteroatoms. The van der Waals surface area contributed by atoms with Crippen LogP contribution in [-0.4, -0.2) is 30.7 Å². The number of rotatable bonds is 7. The second-order valence-electron chi connectivity index (χ2n) is 4.81. The molecule has 112 valence electrons. The molecule has 1 heterocycles. The lowest BCUT2D eigenvalue weighted by Gasteiger charge is -2.19. The fraction of sp³-hybridized carbons (Fsp3) is 0.375. The molecule has 0 bridgehead atoms. The highest BCUT2D eigenvalue weighted by Gasteiger charge is 2.08. The quantitative estimate of drug-likeness (QED) is 0.846. The summed E-state index contributed by atoms with van der Waals surface area (Å²) in [6.07, 6.45) is 3.62. The number of hydrogen-bond donors (Lipinski definition) is 1. The predicted molar refractivity (Wildman–Crippen MR) is 84.5 cm³/mol. The maximum absolute atomic E-state index is 5.37. The highest BCUT2D eigenvalue weighted by atomic mass is 16.5. The van der Waals surface area contributed by atoms with E-state index in [9.17, 15) is 0 Å². The van der Waals surface area contributed by atoms with E-state index in [0.29, 0.717) is 0 Å². The molecule has 1 N–H and O–H groups in total. The van der Waals surface area contributed by atoms with E-state index >= 15 is 0 Å². The Bertz CT molecular complexity index is 556. The molecule has 1 aromatic carbocycles. The van der Waals surface area contributed by atoms with Gasteiger partial charge in [0.1, 0.15) is 11.6 Å². The van der Waals surface area contributed by atoms with Crippen molar-refractivity contribution in [3.63, 3.8) is 0 Å². The first-order chi connectivity index (χ1) is 10.2. The predicted octanol–water partition coefficient (Wildman–Crippen LogP) is 2.23. The van der Waals surface area contributed by atoms with Crippen molar-refractivity contribution in [1.82, 2.24) is 15.3 Å². The van der Waals surface area contributed by atoms with Gasteiger partial charge >= 0.3 is 0 Å². The fourth-order valence-electron chi connectivity index (χ4n) is 2.06. The van der Waals surface area contributed by atoms with E-state index in [1.165, 1.54) is 0 Å². The van der Waals surface area contributed by atoms with Crippen molar-refractivity contribution in [2.45, 2.75) is 20.0 Å². The van der Waals surface area contributed by atoms with Gasteiger partial charge in [-0.05, 0) is 12.6 Å². The summed E-state index contributed by atoms with van der Waals surface area (Å²) in [6, 6.07) is 8.01. The van der Waals surface area contributed by atoms with Crippen LogP contribution in [0.1, 0.15) is 18.2 Å². The topological polar surface area (TPSA) is 50.3 Å². The summed E-state index contributed by atoms with van der Waals surface area (Å²) >= 11 is 0. The molecule has 0 spiro atoms. The number of hydrogen-bond acceptors (Lipinski definition) is 5. The molecule has 2 aromatic rings. The van der Waals surface area contributed by atoms with Gasteiger partial charge in [-0.2, -0.15) is 0 Å². The summed E-state index contributed by atoms with van der Waals surface area (Å²) in [4.78, 5) is 10.9. The average molecular weight is 286 g/mol. The van der Waals surface area contributed by atoms with Crippen LogP contribution in [0.25, 0.3) is 0 Å². The molecule has 0 radical (unpaired) electrons. The van der Waals surface area contributed by atoms with Gasteiger partial charge in [0.2, 0.25) is 0 Å². The summed E-state index contributed by atoms with van der Waals surface area (Å²) in [7, 11) is 3.69. The average Bonchev–Trinajstić information content (AvgIpc) is 2.54. The third-order valence-electron chi connectivity index (χ3n) is 3.24. The first-order valence-electron chi connectivity index (χ1n) is 7.09. The van der Waals surface area contributed by atoms with Crippen molar-refractivity contribution in [2.24, 2.45) is 0 Å². The van der Waals surface area contributed by atoms with Crippen molar-refractivity contribution in [2.75, 3.05) is 25.6 Å². The number of methoxy groups -OCH3 is 1. The van der Waals surface area contributed by atoms with Crippen LogP contribution in [0.5, 0.6) is 5.75 Å². The molecule has 0 saturated carbocycles. The monoisotopic (exact) mass is 286 g/mol. The maximum Gasteiger partial charge on any atom is 0.147 e. The van der Waals surface area contributed by atoms with Gasteiger partial charge in [0.15, 0.2) is 0 Å². The van der Waals surface area contributed by atoms with Gasteiger partial charge < -0.3 is 15.0 Å². The van der Waals surface area contributed by atoms with Crippen molar-refractivity contribution < 1.29 is 4.74 Å². The zero-order valence-corrected chi connectivity index (χ0v) is 12.8. The first kappa shape index (κ1) is 15.3. The molecule has 0 atom stereocenters. The molecule has 0 amide bonds. The van der Waals surface area contributed by atoms with Crippen molar-refractivity contribution in [1.29, 1.82) is 0 Å². The lowest BCUT2D eigenvalue weighted by molar-refractivity contribution is 0.409. The zero-order valence-electron chi connectivity index (χ0n) is 12.8. The van der Waals surface area contributed by atoms with Crippen LogP contribution in [0.4, 0.5) is 5.82 Å². The molecule has 5 nitrogen and oxygen atoms in total. The van der Waals surface area contributed by atoms with E-state index in [1.54, 1.807) is 7.11 Å². The number of benzene rings is 1. The Hall–Kier alpha value is -2.14. The maximum atomic E-state index is 5.37. The Morgan fingerprint density at radius 3 is 2.67 bits per heavy atom. The van der Waals surface area contributed by atoms with E-state index in [2.05, 4.69) is 33.2 Å². The Morgan fingerprint density at radius 2 is 2.00 bits per heavy atom. The van der Waals surface area contributed by atoms with Crippen LogP contribution in [0.2, 0.25) is 0 Å². The molecule has 0 saturated heterocycles. The van der Waals surface area contributed by atoms with Crippen LogP contribution >= 0.6 is 0 Å². The summed E-state index contributed by atoms with van der Waals surface area (Å²) in [5.41, 5.74) is 2.08.